The van der Waals surface area contributed by atoms with Gasteiger partial charge in [-0.05, 0) is 33.4 Å². The van der Waals surface area contributed by atoms with Crippen LogP contribution >= 0.6 is 0 Å². The second kappa shape index (κ2) is 19.0. The molecule has 18 heteroatoms. The van der Waals surface area contributed by atoms with E-state index >= 15 is 0 Å². The van der Waals surface area contributed by atoms with E-state index < -0.39 is 91.1 Å². The van der Waals surface area contributed by atoms with Gasteiger partial charge in [0.25, 0.3) is 5.91 Å². The highest BCUT2D eigenvalue weighted by Crippen LogP contribution is 2.32. The zero-order chi connectivity index (χ0) is 33.9. The Hall–Kier alpha value is -1.17. The fraction of sp³-hybridized carbons (Fsp3) is 0.963. The molecule has 3 aliphatic rings. The molecule has 0 aromatic rings. The smallest absolute Gasteiger partial charge is 0.251 e. The van der Waals surface area contributed by atoms with Crippen molar-refractivity contribution >= 4 is 5.91 Å². The first-order valence-electron chi connectivity index (χ1n) is 15.4. The van der Waals surface area contributed by atoms with E-state index in [0.29, 0.717) is 32.5 Å². The molecular weight excluding hydrogens is 600 g/mol. The third kappa shape index (κ3) is 12.1. The van der Waals surface area contributed by atoms with Crippen LogP contribution in [0.15, 0.2) is 0 Å². The quantitative estimate of drug-likeness (QED) is 0.0826. The van der Waals surface area contributed by atoms with Crippen molar-refractivity contribution in [1.29, 1.82) is 0 Å². The van der Waals surface area contributed by atoms with E-state index in [1.165, 1.54) is 14.0 Å². The molecule has 0 bridgehead atoms. The average Bonchev–Trinajstić information content (AvgIpc) is 2.98. The van der Waals surface area contributed by atoms with Gasteiger partial charge in [0.2, 0.25) is 0 Å². The van der Waals surface area contributed by atoms with Gasteiger partial charge in [-0.2, -0.15) is 0 Å². The normalized spacial score (nSPS) is 39.2. The number of nitrogens with two attached hydrogens (primary N) is 4. The summed E-state index contributed by atoms with van der Waals surface area (Å²) >= 11 is 0. The molecule has 1 saturated carbocycles. The van der Waals surface area contributed by atoms with Gasteiger partial charge >= 0.3 is 0 Å². The van der Waals surface area contributed by atoms with Crippen LogP contribution in [0.25, 0.3) is 0 Å². The Morgan fingerprint density at radius 1 is 1.07 bits per heavy atom. The lowest BCUT2D eigenvalue weighted by atomic mass is 9.83. The number of ether oxygens (including phenoxy) is 4. The minimum absolute atomic E-state index is 0.0244. The fourth-order valence-corrected chi connectivity index (χ4v) is 5.62. The number of aliphatic hydroxyl groups is 7. The number of rotatable bonds is 14. The van der Waals surface area contributed by atoms with Crippen LogP contribution in [0.5, 0.6) is 0 Å². The number of amides is 1. The molecule has 0 aromatic heterocycles. The van der Waals surface area contributed by atoms with Gasteiger partial charge in [-0.3, -0.25) is 4.79 Å². The number of hydrogen-bond donors (Lipinski definition) is 13. The highest BCUT2D eigenvalue weighted by Gasteiger charge is 2.49. The number of aliphatic hydroxyl groups excluding tert-OH is 6. The van der Waals surface area contributed by atoms with Gasteiger partial charge in [0.05, 0.1) is 36.6 Å². The van der Waals surface area contributed by atoms with Crippen LogP contribution in [0.2, 0.25) is 0 Å². The number of nitrogens with one attached hydrogen (secondary N) is 2. The minimum Gasteiger partial charge on any atom is -0.393 e. The van der Waals surface area contributed by atoms with Gasteiger partial charge in [0, 0.05) is 44.9 Å². The Morgan fingerprint density at radius 3 is 2.38 bits per heavy atom. The zero-order valence-corrected chi connectivity index (χ0v) is 26.1. The molecule has 2 saturated heterocycles. The first kappa shape index (κ1) is 40.0. The summed E-state index contributed by atoms with van der Waals surface area (Å²) < 4.78 is 23.5. The van der Waals surface area contributed by atoms with Crippen molar-refractivity contribution < 1.29 is 59.5 Å². The molecule has 1 aliphatic carbocycles. The molecule has 14 atom stereocenters. The predicted molar refractivity (Wildman–Crippen MR) is 159 cm³/mol. The standard InChI is InChI=1S/C26H51N5O12.CH5N/c1-26(39)7-17(34)25(40-11-26)43-23-16(31-24(38)20(36)18(35)8-28)6-15(29)22(21(23)37)42-19-5-13(33)4-14(41-19)10-30-9-12(32)2-3-27;1-2/h12-23,25,30,32-37,39H,2-11,27-29H2,1H3,(H,31,38);2H2,1H3/t12?,13?,14?,15?,16?,17?,18?,19-,20?,21?,22-,23+,25?,26-;/m1./s1. The lowest BCUT2D eigenvalue weighted by molar-refractivity contribution is -0.303. The Balaban J connectivity index is 0.00000345. The third-order valence-electron chi connectivity index (χ3n) is 7.94. The van der Waals surface area contributed by atoms with Crippen LogP contribution in [0, 0.1) is 0 Å². The zero-order valence-electron chi connectivity index (χ0n) is 26.1. The van der Waals surface area contributed by atoms with Gasteiger partial charge < -0.3 is 88.3 Å². The Bertz CT molecular complexity index is 865. The van der Waals surface area contributed by atoms with E-state index in [9.17, 15) is 40.5 Å². The Morgan fingerprint density at radius 2 is 1.76 bits per heavy atom. The number of carbonyl (C=O) groups excluding carboxylic acids is 1. The average molecular weight is 657 g/mol. The van der Waals surface area contributed by atoms with Crippen LogP contribution < -0.4 is 33.6 Å². The maximum Gasteiger partial charge on any atom is 0.251 e. The van der Waals surface area contributed by atoms with Crippen molar-refractivity contribution in [1.82, 2.24) is 10.6 Å². The molecule has 2 heterocycles. The van der Waals surface area contributed by atoms with E-state index in [0.717, 1.165) is 0 Å². The summed E-state index contributed by atoms with van der Waals surface area (Å²) in [5.41, 5.74) is 20.4. The number of carbonyl (C=O) groups is 1. The van der Waals surface area contributed by atoms with Crippen molar-refractivity contribution in [3.63, 3.8) is 0 Å². The maximum absolute atomic E-state index is 12.7. The Labute approximate surface area is 263 Å². The maximum atomic E-state index is 12.7. The molecule has 266 valence electrons. The van der Waals surface area contributed by atoms with E-state index in [-0.39, 0.29) is 32.4 Å². The van der Waals surface area contributed by atoms with Crippen molar-refractivity contribution in [3.05, 3.63) is 0 Å². The van der Waals surface area contributed by atoms with Gasteiger partial charge in [0.1, 0.15) is 30.5 Å². The molecule has 2 aliphatic heterocycles. The van der Waals surface area contributed by atoms with E-state index in [2.05, 4.69) is 16.4 Å². The van der Waals surface area contributed by atoms with Crippen LogP contribution in [-0.2, 0) is 23.7 Å². The van der Waals surface area contributed by atoms with Crippen LogP contribution in [-0.4, -0.2) is 167 Å². The van der Waals surface area contributed by atoms with Gasteiger partial charge in [0.15, 0.2) is 18.7 Å². The fourth-order valence-electron chi connectivity index (χ4n) is 5.62. The summed E-state index contributed by atoms with van der Waals surface area (Å²) in [7, 11) is 1.50. The largest absolute Gasteiger partial charge is 0.393 e. The van der Waals surface area contributed by atoms with E-state index in [1.54, 1.807) is 0 Å². The summed E-state index contributed by atoms with van der Waals surface area (Å²) in [4.78, 5) is 12.7. The molecule has 10 unspecified atom stereocenters. The predicted octanol–water partition coefficient (Wildman–Crippen LogP) is -6.39. The lowest BCUT2D eigenvalue weighted by Gasteiger charge is -2.47. The van der Waals surface area contributed by atoms with E-state index in [1.807, 2.05) is 0 Å². The van der Waals surface area contributed by atoms with Crippen LogP contribution in [0.1, 0.15) is 39.0 Å². The van der Waals surface area contributed by atoms with Gasteiger partial charge in [-0.15, -0.1) is 0 Å². The molecule has 0 aromatic carbocycles. The van der Waals surface area contributed by atoms with Crippen molar-refractivity contribution in [3.8, 4) is 0 Å². The van der Waals surface area contributed by atoms with Crippen molar-refractivity contribution in [2.24, 2.45) is 22.9 Å². The number of hydrogen-bond acceptors (Lipinski definition) is 17. The highest BCUT2D eigenvalue weighted by atomic mass is 16.7. The summed E-state index contributed by atoms with van der Waals surface area (Å²) in [6, 6.07) is -1.91. The second-order valence-corrected chi connectivity index (χ2v) is 12.1. The summed E-state index contributed by atoms with van der Waals surface area (Å²) in [5, 5.41) is 78.1. The minimum atomic E-state index is -1.86. The topological polar surface area (TPSA) is 324 Å². The third-order valence-corrected chi connectivity index (χ3v) is 7.94. The second-order valence-electron chi connectivity index (χ2n) is 12.1. The molecule has 1 amide bonds. The molecule has 0 spiro atoms. The van der Waals surface area contributed by atoms with Gasteiger partial charge in [-0.1, -0.05) is 0 Å². The first-order chi connectivity index (χ1) is 21.2. The summed E-state index contributed by atoms with van der Waals surface area (Å²) in [6.07, 6.45) is -12.0. The summed E-state index contributed by atoms with van der Waals surface area (Å²) in [5.74, 6) is -0.978. The SMILES string of the molecule is CN.C[C@]1(O)COC(O[C@H]2C(NC(=O)C(O)C(O)CN)CC(N)[C@@H](O[C@@H]3CC(O)CC(CNCC(O)CCN)O3)C2O)C(O)C1. The molecule has 3 fully saturated rings. The first-order valence-corrected chi connectivity index (χ1v) is 15.4. The van der Waals surface area contributed by atoms with Gasteiger partial charge in [-0.25, -0.2) is 0 Å². The van der Waals surface area contributed by atoms with Crippen molar-refractivity contribution in [2.45, 2.75) is 124 Å². The monoisotopic (exact) mass is 656 g/mol. The van der Waals surface area contributed by atoms with E-state index in [4.69, 9.17) is 36.1 Å². The molecule has 45 heavy (non-hydrogen) atoms. The molecule has 0 radical (unpaired) electrons. The molecule has 3 rings (SSSR count). The van der Waals surface area contributed by atoms with Crippen LogP contribution in [0.3, 0.4) is 0 Å². The lowest BCUT2D eigenvalue weighted by Crippen LogP contribution is -2.67. The highest BCUT2D eigenvalue weighted by molar-refractivity contribution is 5.81. The molecule has 17 N–H and O–H groups in total. The van der Waals surface area contributed by atoms with Crippen LogP contribution in [0.4, 0.5) is 0 Å². The molecule has 18 nitrogen and oxygen atoms in total. The summed E-state index contributed by atoms with van der Waals surface area (Å²) in [6.45, 7) is 1.90. The molecular formula is C27H56N6O12. The van der Waals surface area contributed by atoms with Crippen molar-refractivity contribution in [2.75, 3.05) is 39.8 Å². The Kier molecular flexibility index (Phi) is 16.9.